The second-order valence-electron chi connectivity index (χ2n) is 8.12. The molecule has 3 N–H and O–H groups in total. The van der Waals surface area contributed by atoms with Crippen LogP contribution in [0.4, 0.5) is 0 Å². The molecule has 0 aromatic heterocycles. The summed E-state index contributed by atoms with van der Waals surface area (Å²) in [5.74, 6) is -0.436. The van der Waals surface area contributed by atoms with Gasteiger partial charge in [-0.25, -0.2) is 4.79 Å². The Hall–Kier alpha value is -2.57. The maximum atomic E-state index is 11.3. The maximum absolute atomic E-state index is 11.3. The molecule has 0 heterocycles. The van der Waals surface area contributed by atoms with Crippen LogP contribution in [0.1, 0.15) is 39.6 Å². The number of carboxylic acid groups (broad SMARTS) is 1. The normalized spacial score (nSPS) is 15.8. The Bertz CT molecular complexity index is 1140. The smallest absolute Gasteiger partial charge is 0.335 e. The third-order valence-electron chi connectivity index (χ3n) is 6.03. The van der Waals surface area contributed by atoms with E-state index in [4.69, 9.17) is 16.3 Å². The summed E-state index contributed by atoms with van der Waals surface area (Å²) < 4.78 is 5.46. The van der Waals surface area contributed by atoms with Crippen molar-refractivity contribution in [2.75, 3.05) is 13.7 Å². The summed E-state index contributed by atoms with van der Waals surface area (Å²) in [5, 5.41) is 23.9. The van der Waals surface area contributed by atoms with Gasteiger partial charge in [-0.05, 0) is 71.8 Å². The van der Waals surface area contributed by atoms with Gasteiger partial charge in [0, 0.05) is 23.2 Å². The molecule has 0 amide bonds. The highest BCUT2D eigenvalue weighted by atomic mass is 35.5. The Kier molecular flexibility index (Phi) is 8.38. The fourth-order valence-corrected chi connectivity index (χ4v) is 4.47. The Balaban J connectivity index is 0.00000306. The molecule has 5 nitrogen and oxygen atoms in total. The van der Waals surface area contributed by atoms with Gasteiger partial charge in [0.15, 0.2) is 0 Å². The minimum Gasteiger partial charge on any atom is -0.496 e. The van der Waals surface area contributed by atoms with Crippen LogP contribution >= 0.6 is 24.0 Å². The first-order chi connectivity index (χ1) is 15.4. The first kappa shape index (κ1) is 25.1. The number of carboxylic acids is 1. The van der Waals surface area contributed by atoms with E-state index in [0.717, 1.165) is 36.0 Å². The van der Waals surface area contributed by atoms with Gasteiger partial charge in [0.2, 0.25) is 0 Å². The molecule has 0 aliphatic heterocycles. The minimum absolute atomic E-state index is 0. The molecule has 1 aliphatic rings. The number of halogens is 2. The zero-order valence-electron chi connectivity index (χ0n) is 18.3. The lowest BCUT2D eigenvalue weighted by Crippen LogP contribution is -2.37. The predicted molar refractivity (Wildman–Crippen MR) is 133 cm³/mol. The largest absolute Gasteiger partial charge is 0.496 e. The van der Waals surface area contributed by atoms with Gasteiger partial charge in [-0.1, -0.05) is 41.9 Å². The van der Waals surface area contributed by atoms with Crippen LogP contribution in [0.15, 0.2) is 60.7 Å². The molecule has 0 unspecified atom stereocenters. The number of carbonyl (C=O) groups is 1. The van der Waals surface area contributed by atoms with E-state index in [2.05, 4.69) is 23.5 Å². The van der Waals surface area contributed by atoms with E-state index < -0.39 is 12.1 Å². The van der Waals surface area contributed by atoms with Crippen molar-refractivity contribution in [1.29, 1.82) is 0 Å². The number of nitrogens with one attached hydrogen (secondary N) is 1. The topological polar surface area (TPSA) is 78.8 Å². The number of hydrogen-bond donors (Lipinski definition) is 3. The van der Waals surface area contributed by atoms with Gasteiger partial charge in [0.25, 0.3) is 0 Å². The molecule has 0 bridgehead atoms. The molecular weight excluding hydrogens is 461 g/mol. The van der Waals surface area contributed by atoms with Gasteiger partial charge in [0.1, 0.15) is 5.75 Å². The van der Waals surface area contributed by atoms with E-state index in [1.807, 2.05) is 12.1 Å². The van der Waals surface area contributed by atoms with Crippen molar-refractivity contribution in [3.63, 3.8) is 0 Å². The number of methoxy groups -OCH3 is 1. The third kappa shape index (κ3) is 5.87. The van der Waals surface area contributed by atoms with Crippen LogP contribution in [0.5, 0.6) is 5.75 Å². The fraction of sp³-hybridized carbons (Fsp3) is 0.269. The Morgan fingerprint density at radius 2 is 1.97 bits per heavy atom. The van der Waals surface area contributed by atoms with Crippen molar-refractivity contribution < 1.29 is 19.7 Å². The van der Waals surface area contributed by atoms with Crippen molar-refractivity contribution in [1.82, 2.24) is 5.32 Å². The number of aliphatic hydroxyl groups excluding tert-OH is 1. The summed E-state index contributed by atoms with van der Waals surface area (Å²) in [6.07, 6.45) is 2.22. The number of hydrogen-bond acceptors (Lipinski definition) is 4. The number of benzene rings is 3. The number of aryl methyl sites for hydroxylation is 1. The highest BCUT2D eigenvalue weighted by Gasteiger charge is 2.21. The molecule has 1 aliphatic carbocycles. The summed E-state index contributed by atoms with van der Waals surface area (Å²) in [6, 6.07) is 18.9. The van der Waals surface area contributed by atoms with Crippen LogP contribution in [-0.4, -0.2) is 35.9 Å². The van der Waals surface area contributed by atoms with Crippen molar-refractivity contribution in [2.24, 2.45) is 0 Å². The minimum atomic E-state index is -0.978. The van der Waals surface area contributed by atoms with Crippen LogP contribution in [0.3, 0.4) is 0 Å². The summed E-state index contributed by atoms with van der Waals surface area (Å²) in [6.45, 7) is 0.463. The molecule has 0 saturated heterocycles. The molecule has 3 aromatic carbocycles. The lowest BCUT2D eigenvalue weighted by atomic mass is 9.86. The Morgan fingerprint density at radius 1 is 1.15 bits per heavy atom. The molecule has 0 fully saturated rings. The zero-order valence-corrected chi connectivity index (χ0v) is 19.8. The molecule has 0 saturated carbocycles. The highest BCUT2D eigenvalue weighted by molar-refractivity contribution is 6.30. The number of aliphatic hydroxyl groups is 1. The average Bonchev–Trinajstić information content (AvgIpc) is 2.81. The van der Waals surface area contributed by atoms with E-state index in [9.17, 15) is 15.0 Å². The first-order valence-corrected chi connectivity index (χ1v) is 11.0. The van der Waals surface area contributed by atoms with E-state index in [1.165, 1.54) is 11.1 Å². The molecule has 0 radical (unpaired) electrons. The van der Waals surface area contributed by atoms with Gasteiger partial charge in [-0.2, -0.15) is 0 Å². The van der Waals surface area contributed by atoms with Crippen molar-refractivity contribution in [3.8, 4) is 16.9 Å². The maximum Gasteiger partial charge on any atom is 0.335 e. The number of aromatic carboxylic acids is 1. The van der Waals surface area contributed by atoms with Crippen LogP contribution in [0.2, 0.25) is 5.02 Å². The lowest BCUT2D eigenvalue weighted by Gasteiger charge is -2.27. The molecule has 2 atom stereocenters. The van der Waals surface area contributed by atoms with E-state index in [0.29, 0.717) is 17.3 Å². The van der Waals surface area contributed by atoms with Crippen molar-refractivity contribution >= 4 is 30.0 Å². The summed E-state index contributed by atoms with van der Waals surface area (Å²) in [7, 11) is 1.55. The zero-order chi connectivity index (χ0) is 22.7. The molecule has 33 heavy (non-hydrogen) atoms. The van der Waals surface area contributed by atoms with Crippen LogP contribution < -0.4 is 10.1 Å². The monoisotopic (exact) mass is 487 g/mol. The van der Waals surface area contributed by atoms with Crippen LogP contribution in [0, 0.1) is 0 Å². The molecule has 7 heteroatoms. The summed E-state index contributed by atoms with van der Waals surface area (Å²) in [5.41, 5.74) is 5.45. The summed E-state index contributed by atoms with van der Waals surface area (Å²) in [4.78, 5) is 11.3. The molecule has 3 aromatic rings. The number of rotatable bonds is 7. The first-order valence-electron chi connectivity index (χ1n) is 10.6. The average molecular weight is 488 g/mol. The number of ether oxygens (including phenoxy) is 1. The van der Waals surface area contributed by atoms with Crippen molar-refractivity contribution in [2.45, 2.75) is 31.4 Å². The molecule has 4 rings (SSSR count). The fourth-order valence-electron chi connectivity index (χ4n) is 4.27. The van der Waals surface area contributed by atoms with Crippen molar-refractivity contribution in [3.05, 3.63) is 87.9 Å². The van der Waals surface area contributed by atoms with Gasteiger partial charge in [-0.15, -0.1) is 12.4 Å². The Morgan fingerprint density at radius 3 is 2.70 bits per heavy atom. The standard InChI is InChI=1S/C26H26ClNO4.ClH/c1-32-25-14-19(26(30)31)8-10-23(25)17-6-5-16-7-9-22(13-20(16)11-17)28-15-24(29)18-3-2-4-21(27)12-18;/h2-6,8,10-12,14,22,24,28-29H,7,9,13,15H2,1H3,(H,30,31);1H/t22-,24-;/m0./s1. The lowest BCUT2D eigenvalue weighted by molar-refractivity contribution is 0.0696. The second-order valence-corrected chi connectivity index (χ2v) is 8.56. The highest BCUT2D eigenvalue weighted by Crippen LogP contribution is 2.34. The van der Waals surface area contributed by atoms with Gasteiger partial charge in [-0.3, -0.25) is 0 Å². The third-order valence-corrected chi connectivity index (χ3v) is 6.26. The van der Waals surface area contributed by atoms with E-state index in [1.54, 1.807) is 37.4 Å². The second kappa shape index (κ2) is 11.0. The van der Waals surface area contributed by atoms with Gasteiger partial charge in [0.05, 0.1) is 18.8 Å². The van der Waals surface area contributed by atoms with Crippen LogP contribution in [0.25, 0.3) is 11.1 Å². The molecule has 174 valence electrons. The summed E-state index contributed by atoms with van der Waals surface area (Å²) >= 11 is 6.04. The SMILES string of the molecule is COc1cc(C(=O)O)ccc1-c1ccc2c(c1)C[C@@H](NC[C@H](O)c1cccc(Cl)c1)CC2.Cl. The van der Waals surface area contributed by atoms with Crippen LogP contribution in [-0.2, 0) is 12.8 Å². The van der Waals surface area contributed by atoms with Gasteiger partial charge >= 0.3 is 5.97 Å². The number of fused-ring (bicyclic) bond motifs is 1. The predicted octanol–water partition coefficient (Wildman–Crippen LogP) is 5.32. The van der Waals surface area contributed by atoms with E-state index >= 15 is 0 Å². The molecule has 0 spiro atoms. The quantitative estimate of drug-likeness (QED) is 0.420. The van der Waals surface area contributed by atoms with E-state index in [-0.39, 0.29) is 24.0 Å². The molecular formula is C26H27Cl2NO4. The Labute approximate surface area is 204 Å². The van der Waals surface area contributed by atoms with Gasteiger partial charge < -0.3 is 20.3 Å².